The quantitative estimate of drug-likeness (QED) is 0.647. The molecule has 0 bridgehead atoms. The van der Waals surface area contributed by atoms with Crippen LogP contribution in [0.15, 0.2) is 73.3 Å². The molecular weight excluding hydrogens is 349 g/mol. The van der Waals surface area contributed by atoms with Crippen molar-refractivity contribution in [3.8, 4) is 11.1 Å². The van der Waals surface area contributed by atoms with Crippen LogP contribution < -0.4 is 0 Å². The number of nitrogens with zero attached hydrogens (tertiary/aromatic N) is 3. The summed E-state index contributed by atoms with van der Waals surface area (Å²) in [5.74, 6) is -0.164. The average molecular weight is 373 g/mol. The Morgan fingerprint density at radius 2 is 1.82 bits per heavy atom. The molecule has 1 aromatic carbocycles. The first kappa shape index (κ1) is 17.4. The highest BCUT2D eigenvalue weighted by molar-refractivity contribution is 5.64. The zero-order valence-corrected chi connectivity index (χ0v) is 16.1. The molecule has 0 aliphatic carbocycles. The third-order valence-electron chi connectivity index (χ3n) is 6.30. The molecule has 2 unspecified atom stereocenters. The molecule has 142 valence electrons. The maximum absolute atomic E-state index is 13.3. The molecule has 0 N–H and O–H groups in total. The molecule has 0 saturated carbocycles. The summed E-state index contributed by atoms with van der Waals surface area (Å²) in [6.07, 6.45) is 12.6. The van der Waals surface area contributed by atoms with Crippen molar-refractivity contribution in [2.75, 3.05) is 13.1 Å². The highest BCUT2D eigenvalue weighted by atomic mass is 19.1. The van der Waals surface area contributed by atoms with Crippen molar-refractivity contribution in [1.29, 1.82) is 0 Å². The van der Waals surface area contributed by atoms with Crippen LogP contribution >= 0.6 is 0 Å². The number of hydrogen-bond acceptors (Lipinski definition) is 2. The van der Waals surface area contributed by atoms with Crippen LogP contribution in [0.25, 0.3) is 16.8 Å². The molecule has 1 saturated heterocycles. The Morgan fingerprint density at radius 3 is 2.61 bits per heavy atom. The maximum atomic E-state index is 13.3. The van der Waals surface area contributed by atoms with Crippen LogP contribution in [0.1, 0.15) is 25.3 Å². The van der Waals surface area contributed by atoms with Gasteiger partial charge in [-0.15, -0.1) is 0 Å². The summed E-state index contributed by atoms with van der Waals surface area (Å²) in [6, 6.07) is 13.8. The smallest absolute Gasteiger partial charge is 0.123 e. The van der Waals surface area contributed by atoms with Gasteiger partial charge in [0, 0.05) is 61.5 Å². The summed E-state index contributed by atoms with van der Waals surface area (Å²) in [5, 5.41) is 0. The number of hydrogen-bond donors (Lipinski definition) is 0. The van der Waals surface area contributed by atoms with Crippen molar-refractivity contribution in [3.05, 3.63) is 84.7 Å². The lowest BCUT2D eigenvalue weighted by Gasteiger charge is -2.29. The number of pyridine rings is 1. The van der Waals surface area contributed by atoms with Crippen molar-refractivity contribution in [2.45, 2.75) is 31.2 Å². The van der Waals surface area contributed by atoms with Crippen LogP contribution in [0.4, 0.5) is 4.39 Å². The lowest BCUT2D eigenvalue weighted by molar-refractivity contribution is 0.275. The molecule has 2 atom stereocenters. The molecule has 2 aliphatic rings. The Hall–Kier alpha value is -2.72. The Morgan fingerprint density at radius 1 is 1.04 bits per heavy atom. The Bertz CT molecular complexity index is 1010. The van der Waals surface area contributed by atoms with E-state index in [0.29, 0.717) is 6.04 Å². The van der Waals surface area contributed by atoms with Crippen molar-refractivity contribution in [1.82, 2.24) is 14.5 Å². The van der Waals surface area contributed by atoms with Crippen LogP contribution in [0.3, 0.4) is 0 Å². The third-order valence-corrected chi connectivity index (χ3v) is 6.30. The fraction of sp³-hybridized carbons (Fsp3) is 0.292. The zero-order valence-electron chi connectivity index (χ0n) is 16.1. The second-order valence-corrected chi connectivity index (χ2v) is 8.26. The molecule has 0 radical (unpaired) electrons. The van der Waals surface area contributed by atoms with Gasteiger partial charge in [-0.05, 0) is 59.5 Å². The van der Waals surface area contributed by atoms with E-state index in [1.54, 1.807) is 12.1 Å². The molecule has 4 heterocycles. The summed E-state index contributed by atoms with van der Waals surface area (Å²) in [7, 11) is 0. The highest BCUT2D eigenvalue weighted by Crippen LogP contribution is 2.41. The molecule has 4 heteroatoms. The number of fused-ring (bicyclic) bond motifs is 1. The third kappa shape index (κ3) is 3.08. The van der Waals surface area contributed by atoms with E-state index >= 15 is 0 Å². The SMILES string of the molecule is CC1(c2ccc(F)cc2)CC2C=C(n3ccc(-c4ccncc4)c3)CCN2C1. The summed E-state index contributed by atoms with van der Waals surface area (Å²) in [5.41, 5.74) is 5.08. The minimum absolute atomic E-state index is 0.0726. The van der Waals surface area contributed by atoms with E-state index in [2.05, 4.69) is 45.9 Å². The first-order valence-electron chi connectivity index (χ1n) is 9.90. The lowest BCUT2D eigenvalue weighted by Crippen LogP contribution is -2.34. The van der Waals surface area contributed by atoms with Gasteiger partial charge in [-0.3, -0.25) is 9.88 Å². The molecule has 2 aliphatic heterocycles. The van der Waals surface area contributed by atoms with Crippen molar-refractivity contribution >= 4 is 5.70 Å². The highest BCUT2D eigenvalue weighted by Gasteiger charge is 2.42. The fourth-order valence-corrected chi connectivity index (χ4v) is 4.76. The van der Waals surface area contributed by atoms with Gasteiger partial charge in [0.05, 0.1) is 0 Å². The van der Waals surface area contributed by atoms with E-state index in [1.165, 1.54) is 22.4 Å². The van der Waals surface area contributed by atoms with Crippen LogP contribution in [0.5, 0.6) is 0 Å². The van der Waals surface area contributed by atoms with Crippen LogP contribution in [-0.2, 0) is 5.41 Å². The second-order valence-electron chi connectivity index (χ2n) is 8.26. The van der Waals surface area contributed by atoms with Gasteiger partial charge >= 0.3 is 0 Å². The predicted molar refractivity (Wildman–Crippen MR) is 110 cm³/mol. The number of aromatic nitrogens is 2. The van der Waals surface area contributed by atoms with Gasteiger partial charge in [0.1, 0.15) is 5.82 Å². The molecule has 2 aromatic heterocycles. The Kier molecular flexibility index (Phi) is 4.17. The summed E-state index contributed by atoms with van der Waals surface area (Å²) >= 11 is 0. The standard InChI is InChI=1S/C24H24FN3/c1-24(20-2-4-21(25)5-3-20)15-23-14-22(9-13-28(23)17-24)27-12-8-19(16-27)18-6-10-26-11-7-18/h2-8,10-12,14,16,23H,9,13,15,17H2,1H3. The first-order valence-corrected chi connectivity index (χ1v) is 9.90. The van der Waals surface area contributed by atoms with E-state index in [0.717, 1.165) is 25.9 Å². The van der Waals surface area contributed by atoms with Gasteiger partial charge in [0.25, 0.3) is 0 Å². The molecule has 28 heavy (non-hydrogen) atoms. The average Bonchev–Trinajstić information content (AvgIpc) is 3.33. The number of halogens is 1. The van der Waals surface area contributed by atoms with E-state index < -0.39 is 0 Å². The van der Waals surface area contributed by atoms with Gasteiger partial charge in [-0.25, -0.2) is 4.39 Å². The minimum Gasteiger partial charge on any atom is -0.327 e. The van der Waals surface area contributed by atoms with Gasteiger partial charge in [0.2, 0.25) is 0 Å². The van der Waals surface area contributed by atoms with Gasteiger partial charge < -0.3 is 4.57 Å². The normalized spacial score (nSPS) is 24.8. The molecule has 1 fully saturated rings. The summed E-state index contributed by atoms with van der Waals surface area (Å²) in [4.78, 5) is 6.67. The summed E-state index contributed by atoms with van der Waals surface area (Å²) < 4.78 is 15.6. The fourth-order valence-electron chi connectivity index (χ4n) is 4.76. The Labute approximate surface area is 165 Å². The summed E-state index contributed by atoms with van der Waals surface area (Å²) in [6.45, 7) is 4.40. The lowest BCUT2D eigenvalue weighted by atomic mass is 9.80. The van der Waals surface area contributed by atoms with E-state index in [1.807, 2.05) is 36.7 Å². The van der Waals surface area contributed by atoms with Crippen LogP contribution in [0.2, 0.25) is 0 Å². The monoisotopic (exact) mass is 373 g/mol. The maximum Gasteiger partial charge on any atom is 0.123 e. The molecule has 3 aromatic rings. The van der Waals surface area contributed by atoms with Gasteiger partial charge in [-0.2, -0.15) is 0 Å². The van der Waals surface area contributed by atoms with Crippen molar-refractivity contribution in [2.24, 2.45) is 0 Å². The largest absolute Gasteiger partial charge is 0.327 e. The first-order chi connectivity index (χ1) is 13.6. The van der Waals surface area contributed by atoms with Crippen molar-refractivity contribution in [3.63, 3.8) is 0 Å². The zero-order chi connectivity index (χ0) is 19.1. The Balaban J connectivity index is 1.39. The predicted octanol–water partition coefficient (Wildman–Crippen LogP) is 4.97. The second kappa shape index (κ2) is 6.71. The molecular formula is C24H24FN3. The van der Waals surface area contributed by atoms with E-state index in [4.69, 9.17) is 0 Å². The number of benzene rings is 1. The number of rotatable bonds is 3. The molecule has 3 nitrogen and oxygen atoms in total. The van der Waals surface area contributed by atoms with Crippen molar-refractivity contribution < 1.29 is 4.39 Å². The van der Waals surface area contributed by atoms with E-state index in [9.17, 15) is 4.39 Å². The molecule has 0 amide bonds. The minimum atomic E-state index is -0.164. The van der Waals surface area contributed by atoms with Gasteiger partial charge in [0.15, 0.2) is 0 Å². The van der Waals surface area contributed by atoms with E-state index in [-0.39, 0.29) is 11.2 Å². The molecule has 5 rings (SSSR count). The topological polar surface area (TPSA) is 21.1 Å². The van der Waals surface area contributed by atoms with Crippen LogP contribution in [-0.4, -0.2) is 33.6 Å². The van der Waals surface area contributed by atoms with Crippen LogP contribution in [0, 0.1) is 5.82 Å². The molecule has 0 spiro atoms. The van der Waals surface area contributed by atoms with Gasteiger partial charge in [-0.1, -0.05) is 19.1 Å².